The van der Waals surface area contributed by atoms with Crippen LogP contribution in [0.4, 0.5) is 11.4 Å². The number of anilines is 2. The molecule has 2 heterocycles. The van der Waals surface area contributed by atoms with E-state index in [-0.39, 0.29) is 11.8 Å². The molecule has 4 rings (SSSR count). The Bertz CT molecular complexity index is 1200. The fourth-order valence-corrected chi connectivity index (χ4v) is 2.91. The molecule has 9 nitrogen and oxygen atoms in total. The zero-order chi connectivity index (χ0) is 22.2. The SMILES string of the molecule is O=C(CCn1ccnc1)Nc1cccc(C(=O)Nc2cccc(Oc3cnccn3)c2)c1. The van der Waals surface area contributed by atoms with Gasteiger partial charge in [0.15, 0.2) is 0 Å². The van der Waals surface area contributed by atoms with Gasteiger partial charge in [-0.05, 0) is 30.3 Å². The van der Waals surface area contributed by atoms with Gasteiger partial charge in [-0.25, -0.2) is 9.97 Å². The van der Waals surface area contributed by atoms with Crippen molar-refractivity contribution in [3.05, 3.63) is 91.4 Å². The molecule has 0 unspecified atom stereocenters. The maximum atomic E-state index is 12.7. The van der Waals surface area contributed by atoms with Crippen molar-refractivity contribution in [1.29, 1.82) is 0 Å². The molecule has 0 fully saturated rings. The lowest BCUT2D eigenvalue weighted by molar-refractivity contribution is -0.116. The average Bonchev–Trinajstić information content (AvgIpc) is 3.33. The number of imidazole rings is 1. The Labute approximate surface area is 184 Å². The molecule has 0 aliphatic rings. The Morgan fingerprint density at radius 2 is 1.78 bits per heavy atom. The van der Waals surface area contributed by atoms with Crippen LogP contribution in [-0.2, 0) is 11.3 Å². The molecule has 2 N–H and O–H groups in total. The van der Waals surface area contributed by atoms with Crippen LogP contribution in [0.25, 0.3) is 0 Å². The summed E-state index contributed by atoms with van der Waals surface area (Å²) in [5, 5.41) is 5.65. The number of nitrogens with one attached hydrogen (secondary N) is 2. The van der Waals surface area contributed by atoms with Crippen LogP contribution in [0.15, 0.2) is 85.8 Å². The number of hydrogen-bond acceptors (Lipinski definition) is 6. The van der Waals surface area contributed by atoms with E-state index in [1.165, 1.54) is 12.4 Å². The summed E-state index contributed by atoms with van der Waals surface area (Å²) in [6.07, 6.45) is 10.0. The van der Waals surface area contributed by atoms with Crippen molar-refractivity contribution in [3.63, 3.8) is 0 Å². The number of carbonyl (C=O) groups is 2. The summed E-state index contributed by atoms with van der Waals surface area (Å²) in [6.45, 7) is 0.527. The zero-order valence-electron chi connectivity index (χ0n) is 17.0. The van der Waals surface area contributed by atoms with Crippen molar-refractivity contribution in [1.82, 2.24) is 19.5 Å². The molecule has 160 valence electrons. The average molecular weight is 428 g/mol. The van der Waals surface area contributed by atoms with Crippen LogP contribution >= 0.6 is 0 Å². The summed E-state index contributed by atoms with van der Waals surface area (Å²) >= 11 is 0. The van der Waals surface area contributed by atoms with Crippen molar-refractivity contribution in [3.8, 4) is 11.6 Å². The van der Waals surface area contributed by atoms with Gasteiger partial charge in [-0.15, -0.1) is 0 Å². The minimum Gasteiger partial charge on any atom is -0.437 e. The van der Waals surface area contributed by atoms with Crippen molar-refractivity contribution in [2.75, 3.05) is 10.6 Å². The summed E-state index contributed by atoms with van der Waals surface area (Å²) < 4.78 is 7.47. The molecule has 2 aromatic carbocycles. The second kappa shape index (κ2) is 9.98. The van der Waals surface area contributed by atoms with E-state index in [0.717, 1.165) is 0 Å². The third kappa shape index (κ3) is 5.76. The Balaban J connectivity index is 1.36. The molecule has 32 heavy (non-hydrogen) atoms. The van der Waals surface area contributed by atoms with Crippen LogP contribution in [-0.4, -0.2) is 31.3 Å². The zero-order valence-corrected chi connectivity index (χ0v) is 17.0. The standard InChI is InChI=1S/C23H20N6O3/c30-21(7-11-29-12-10-25-16-29)27-18-4-1-3-17(13-18)23(31)28-19-5-2-6-20(14-19)32-22-15-24-8-9-26-22/h1-6,8-10,12-16H,7,11H2,(H,27,30)(H,28,31). The van der Waals surface area contributed by atoms with E-state index >= 15 is 0 Å². The number of aromatic nitrogens is 4. The number of aryl methyl sites for hydroxylation is 1. The minimum absolute atomic E-state index is 0.148. The number of rotatable bonds is 8. The Kier molecular flexibility index (Phi) is 6.47. The molecular weight excluding hydrogens is 408 g/mol. The second-order valence-corrected chi connectivity index (χ2v) is 6.81. The van der Waals surface area contributed by atoms with Gasteiger partial charge in [0.2, 0.25) is 11.8 Å². The van der Waals surface area contributed by atoms with E-state index in [1.807, 2.05) is 4.57 Å². The first-order valence-electron chi connectivity index (χ1n) is 9.87. The van der Waals surface area contributed by atoms with Gasteiger partial charge in [-0.1, -0.05) is 12.1 Å². The maximum absolute atomic E-state index is 12.7. The first kappa shape index (κ1) is 20.7. The predicted octanol–water partition coefficient (Wildman–Crippen LogP) is 3.75. The number of hydrogen-bond donors (Lipinski definition) is 2. The third-order valence-electron chi connectivity index (χ3n) is 4.42. The predicted molar refractivity (Wildman–Crippen MR) is 118 cm³/mol. The lowest BCUT2D eigenvalue weighted by Crippen LogP contribution is -2.15. The first-order chi connectivity index (χ1) is 15.7. The molecule has 0 radical (unpaired) electrons. The third-order valence-corrected chi connectivity index (χ3v) is 4.42. The normalized spacial score (nSPS) is 10.4. The van der Waals surface area contributed by atoms with Gasteiger partial charge in [0.1, 0.15) is 5.75 Å². The Morgan fingerprint density at radius 1 is 0.938 bits per heavy atom. The van der Waals surface area contributed by atoms with E-state index in [0.29, 0.717) is 41.5 Å². The molecule has 0 saturated carbocycles. The highest BCUT2D eigenvalue weighted by molar-refractivity contribution is 6.05. The molecule has 0 atom stereocenters. The molecule has 4 aromatic rings. The van der Waals surface area contributed by atoms with Crippen LogP contribution in [0, 0.1) is 0 Å². The molecule has 0 saturated heterocycles. The lowest BCUT2D eigenvalue weighted by atomic mass is 10.1. The van der Waals surface area contributed by atoms with Gasteiger partial charge in [-0.2, -0.15) is 0 Å². The van der Waals surface area contributed by atoms with Crippen LogP contribution in [0.3, 0.4) is 0 Å². The van der Waals surface area contributed by atoms with E-state index in [9.17, 15) is 9.59 Å². The molecule has 0 bridgehead atoms. The fourth-order valence-electron chi connectivity index (χ4n) is 2.91. The van der Waals surface area contributed by atoms with Gasteiger partial charge in [0.05, 0.1) is 12.5 Å². The van der Waals surface area contributed by atoms with Gasteiger partial charge in [-0.3, -0.25) is 14.6 Å². The summed E-state index contributed by atoms with van der Waals surface area (Å²) in [7, 11) is 0. The van der Waals surface area contributed by atoms with Crippen LogP contribution in [0.2, 0.25) is 0 Å². The number of nitrogens with zero attached hydrogens (tertiary/aromatic N) is 4. The van der Waals surface area contributed by atoms with Gasteiger partial charge < -0.3 is 19.9 Å². The van der Waals surface area contributed by atoms with Crippen molar-refractivity contribution >= 4 is 23.2 Å². The summed E-state index contributed by atoms with van der Waals surface area (Å²) in [5.41, 5.74) is 1.52. The fraction of sp³-hybridized carbons (Fsp3) is 0.0870. The Hall–Kier alpha value is -4.53. The monoisotopic (exact) mass is 428 g/mol. The molecule has 0 aliphatic heterocycles. The number of ether oxygens (including phenoxy) is 1. The number of amides is 2. The van der Waals surface area contributed by atoms with Crippen LogP contribution in [0.1, 0.15) is 16.8 Å². The summed E-state index contributed by atoms with van der Waals surface area (Å²) in [5.74, 6) is 0.413. The van der Waals surface area contributed by atoms with Crippen LogP contribution in [0.5, 0.6) is 11.6 Å². The summed E-state index contributed by atoms with van der Waals surface area (Å²) in [6, 6.07) is 13.7. The molecule has 0 spiro atoms. The van der Waals surface area contributed by atoms with Crippen LogP contribution < -0.4 is 15.4 Å². The van der Waals surface area contributed by atoms with Crippen molar-refractivity contribution < 1.29 is 14.3 Å². The lowest BCUT2D eigenvalue weighted by Gasteiger charge is -2.10. The quantitative estimate of drug-likeness (QED) is 0.442. The highest BCUT2D eigenvalue weighted by atomic mass is 16.5. The topological polar surface area (TPSA) is 111 Å². The number of benzene rings is 2. The largest absolute Gasteiger partial charge is 0.437 e. The smallest absolute Gasteiger partial charge is 0.255 e. The van der Waals surface area contributed by atoms with Gasteiger partial charge in [0.25, 0.3) is 5.91 Å². The molecular formula is C23H20N6O3. The molecule has 9 heteroatoms. The second-order valence-electron chi connectivity index (χ2n) is 6.81. The first-order valence-corrected chi connectivity index (χ1v) is 9.87. The Morgan fingerprint density at radius 3 is 2.56 bits per heavy atom. The minimum atomic E-state index is -0.309. The van der Waals surface area contributed by atoms with Gasteiger partial charge in [0, 0.05) is 60.8 Å². The van der Waals surface area contributed by atoms with Crippen molar-refractivity contribution in [2.24, 2.45) is 0 Å². The van der Waals surface area contributed by atoms with Crippen molar-refractivity contribution in [2.45, 2.75) is 13.0 Å². The van der Waals surface area contributed by atoms with E-state index in [2.05, 4.69) is 25.6 Å². The van der Waals surface area contributed by atoms with E-state index in [1.54, 1.807) is 73.4 Å². The highest BCUT2D eigenvalue weighted by Crippen LogP contribution is 2.23. The van der Waals surface area contributed by atoms with E-state index in [4.69, 9.17) is 4.74 Å². The molecule has 2 aromatic heterocycles. The molecule has 2 amide bonds. The highest BCUT2D eigenvalue weighted by Gasteiger charge is 2.10. The number of carbonyl (C=O) groups excluding carboxylic acids is 2. The van der Waals surface area contributed by atoms with E-state index < -0.39 is 0 Å². The molecule has 0 aliphatic carbocycles. The summed E-state index contributed by atoms with van der Waals surface area (Å²) in [4.78, 5) is 36.9. The van der Waals surface area contributed by atoms with Gasteiger partial charge >= 0.3 is 0 Å². The maximum Gasteiger partial charge on any atom is 0.255 e.